The second kappa shape index (κ2) is 8.97. The summed E-state index contributed by atoms with van der Waals surface area (Å²) in [6, 6.07) is 12.4. The van der Waals surface area contributed by atoms with E-state index in [2.05, 4.69) is 15.5 Å². The van der Waals surface area contributed by atoms with Crippen molar-refractivity contribution in [2.24, 2.45) is 7.05 Å². The average Bonchev–Trinajstić information content (AvgIpc) is 3.01. The Balaban J connectivity index is 1.59. The second-order valence-corrected chi connectivity index (χ2v) is 7.88. The zero-order chi connectivity index (χ0) is 19.4. The van der Waals surface area contributed by atoms with Crippen LogP contribution in [0, 0.1) is 0 Å². The maximum absolute atomic E-state index is 12.3. The number of hydrogen-bond donors (Lipinski definition) is 1. The summed E-state index contributed by atoms with van der Waals surface area (Å²) in [5, 5.41) is 13.4. The summed E-state index contributed by atoms with van der Waals surface area (Å²) in [4.78, 5) is 12.3. The highest BCUT2D eigenvalue weighted by molar-refractivity contribution is 7.98. The summed E-state index contributed by atoms with van der Waals surface area (Å²) < 4.78 is 1.86. The van der Waals surface area contributed by atoms with Crippen LogP contribution in [0.2, 0.25) is 15.1 Å². The van der Waals surface area contributed by atoms with E-state index < -0.39 is 0 Å². The van der Waals surface area contributed by atoms with Crippen molar-refractivity contribution < 1.29 is 4.79 Å². The number of carbonyl (C=O) groups is 1. The molecule has 0 unspecified atom stereocenters. The standard InChI is InChI=1S/C18H15Cl3N4OS/c1-25-16(9-22-17(26)12-4-7-14(20)15(21)8-12)23-24-18(25)27-10-11-2-5-13(19)6-3-11/h2-8H,9-10H2,1H3,(H,22,26). The molecule has 0 aliphatic heterocycles. The number of aromatic nitrogens is 3. The first kappa shape index (κ1) is 20.0. The molecule has 0 aliphatic rings. The number of rotatable bonds is 6. The highest BCUT2D eigenvalue weighted by Gasteiger charge is 2.12. The fourth-order valence-corrected chi connectivity index (χ4v) is 3.56. The predicted molar refractivity (Wildman–Crippen MR) is 110 cm³/mol. The van der Waals surface area contributed by atoms with Crippen molar-refractivity contribution in [1.29, 1.82) is 0 Å². The Labute approximate surface area is 176 Å². The smallest absolute Gasteiger partial charge is 0.251 e. The quantitative estimate of drug-likeness (QED) is 0.547. The van der Waals surface area contributed by atoms with E-state index in [4.69, 9.17) is 34.8 Å². The molecule has 2 aromatic carbocycles. The molecular formula is C18H15Cl3N4OS. The highest BCUT2D eigenvalue weighted by atomic mass is 35.5. The van der Waals surface area contributed by atoms with Gasteiger partial charge in [0, 0.05) is 23.4 Å². The van der Waals surface area contributed by atoms with Crippen LogP contribution in [-0.4, -0.2) is 20.7 Å². The lowest BCUT2D eigenvalue weighted by molar-refractivity contribution is 0.0949. The van der Waals surface area contributed by atoms with Crippen molar-refractivity contribution in [3.05, 3.63) is 74.5 Å². The summed E-state index contributed by atoms with van der Waals surface area (Å²) in [5.74, 6) is 1.15. The maximum atomic E-state index is 12.3. The number of halogens is 3. The van der Waals surface area contributed by atoms with Gasteiger partial charge in [0.05, 0.1) is 16.6 Å². The number of carbonyl (C=O) groups excluding carboxylic acids is 1. The van der Waals surface area contributed by atoms with Gasteiger partial charge in [-0.3, -0.25) is 4.79 Å². The fraction of sp³-hybridized carbons (Fsp3) is 0.167. The van der Waals surface area contributed by atoms with Gasteiger partial charge in [-0.25, -0.2) is 0 Å². The van der Waals surface area contributed by atoms with E-state index >= 15 is 0 Å². The molecule has 3 aromatic rings. The number of thioether (sulfide) groups is 1. The molecular weight excluding hydrogens is 427 g/mol. The van der Waals surface area contributed by atoms with Gasteiger partial charge in [-0.2, -0.15) is 0 Å². The van der Waals surface area contributed by atoms with Crippen LogP contribution in [-0.2, 0) is 19.3 Å². The number of amides is 1. The zero-order valence-electron chi connectivity index (χ0n) is 14.2. The van der Waals surface area contributed by atoms with E-state index in [0.717, 1.165) is 16.5 Å². The third-order valence-electron chi connectivity index (χ3n) is 3.80. The van der Waals surface area contributed by atoms with E-state index in [1.165, 1.54) is 6.07 Å². The minimum absolute atomic E-state index is 0.254. The lowest BCUT2D eigenvalue weighted by Gasteiger charge is -2.07. The van der Waals surface area contributed by atoms with Gasteiger partial charge in [0.15, 0.2) is 11.0 Å². The predicted octanol–water partition coefficient (Wildman–Crippen LogP) is 5.00. The number of benzene rings is 2. The largest absolute Gasteiger partial charge is 0.345 e. The molecule has 0 aliphatic carbocycles. The normalized spacial score (nSPS) is 10.8. The molecule has 9 heteroatoms. The topological polar surface area (TPSA) is 59.8 Å². The Morgan fingerprint density at radius 2 is 1.81 bits per heavy atom. The lowest BCUT2D eigenvalue weighted by Crippen LogP contribution is -2.24. The SMILES string of the molecule is Cn1c(CNC(=O)c2ccc(Cl)c(Cl)c2)nnc1SCc1ccc(Cl)cc1. The Morgan fingerprint density at radius 1 is 1.07 bits per heavy atom. The van der Waals surface area contributed by atoms with Crippen molar-refractivity contribution in [2.45, 2.75) is 17.5 Å². The van der Waals surface area contributed by atoms with Crippen LogP contribution in [0.25, 0.3) is 0 Å². The van der Waals surface area contributed by atoms with Crippen LogP contribution >= 0.6 is 46.6 Å². The van der Waals surface area contributed by atoms with Crippen molar-refractivity contribution >= 4 is 52.5 Å². The van der Waals surface area contributed by atoms with Crippen LogP contribution in [0.4, 0.5) is 0 Å². The second-order valence-electron chi connectivity index (χ2n) is 5.68. The molecule has 0 saturated carbocycles. The van der Waals surface area contributed by atoms with Gasteiger partial charge in [-0.15, -0.1) is 10.2 Å². The Hall–Kier alpha value is -1.73. The van der Waals surface area contributed by atoms with Crippen molar-refractivity contribution in [2.75, 3.05) is 0 Å². The molecule has 0 radical (unpaired) electrons. The third-order valence-corrected chi connectivity index (χ3v) is 5.88. The van der Waals surface area contributed by atoms with Crippen LogP contribution in [0.3, 0.4) is 0 Å². The average molecular weight is 442 g/mol. The van der Waals surface area contributed by atoms with Crippen LogP contribution in [0.5, 0.6) is 0 Å². The summed E-state index contributed by atoms with van der Waals surface area (Å²) in [6.07, 6.45) is 0. The van der Waals surface area contributed by atoms with Crippen molar-refractivity contribution in [3.8, 4) is 0 Å². The summed E-state index contributed by atoms with van der Waals surface area (Å²) >= 11 is 19.3. The van der Waals surface area contributed by atoms with Gasteiger partial charge in [-0.1, -0.05) is 58.7 Å². The van der Waals surface area contributed by atoms with Crippen LogP contribution in [0.1, 0.15) is 21.7 Å². The molecule has 0 atom stereocenters. The van der Waals surface area contributed by atoms with Gasteiger partial charge in [-0.05, 0) is 35.9 Å². The molecule has 3 rings (SSSR count). The molecule has 1 amide bonds. The van der Waals surface area contributed by atoms with Gasteiger partial charge >= 0.3 is 0 Å². The van der Waals surface area contributed by atoms with Gasteiger partial charge in [0.2, 0.25) is 0 Å². The molecule has 140 valence electrons. The molecule has 5 nitrogen and oxygen atoms in total. The fourth-order valence-electron chi connectivity index (χ4n) is 2.25. The minimum Gasteiger partial charge on any atom is -0.345 e. The monoisotopic (exact) mass is 440 g/mol. The van der Waals surface area contributed by atoms with Gasteiger partial charge < -0.3 is 9.88 Å². The van der Waals surface area contributed by atoms with Crippen molar-refractivity contribution in [1.82, 2.24) is 20.1 Å². The van der Waals surface area contributed by atoms with E-state index in [0.29, 0.717) is 26.5 Å². The maximum Gasteiger partial charge on any atom is 0.251 e. The van der Waals surface area contributed by atoms with E-state index in [9.17, 15) is 4.79 Å². The van der Waals surface area contributed by atoms with E-state index in [1.54, 1.807) is 23.9 Å². The van der Waals surface area contributed by atoms with Crippen molar-refractivity contribution in [3.63, 3.8) is 0 Å². The number of nitrogens with one attached hydrogen (secondary N) is 1. The van der Waals surface area contributed by atoms with Crippen LogP contribution in [0.15, 0.2) is 47.6 Å². The Kier molecular flexibility index (Phi) is 6.65. The molecule has 0 fully saturated rings. The summed E-state index contributed by atoms with van der Waals surface area (Å²) in [5.41, 5.74) is 1.57. The van der Waals surface area contributed by atoms with Gasteiger partial charge in [0.1, 0.15) is 0 Å². The van der Waals surface area contributed by atoms with Crippen LogP contribution < -0.4 is 5.32 Å². The first-order valence-corrected chi connectivity index (χ1v) is 10.0. The molecule has 0 saturated heterocycles. The lowest BCUT2D eigenvalue weighted by atomic mass is 10.2. The van der Waals surface area contributed by atoms with Gasteiger partial charge in [0.25, 0.3) is 5.91 Å². The number of nitrogens with zero attached hydrogens (tertiary/aromatic N) is 3. The molecule has 0 spiro atoms. The molecule has 1 aromatic heterocycles. The highest BCUT2D eigenvalue weighted by Crippen LogP contribution is 2.23. The van der Waals surface area contributed by atoms with E-state index in [-0.39, 0.29) is 12.5 Å². The number of hydrogen-bond acceptors (Lipinski definition) is 4. The zero-order valence-corrected chi connectivity index (χ0v) is 17.3. The van der Waals surface area contributed by atoms with E-state index in [1.807, 2.05) is 35.9 Å². The summed E-state index contributed by atoms with van der Waals surface area (Å²) in [6.45, 7) is 0.254. The Morgan fingerprint density at radius 3 is 2.52 bits per heavy atom. The molecule has 27 heavy (non-hydrogen) atoms. The third kappa shape index (κ3) is 5.17. The first-order chi connectivity index (χ1) is 12.9. The minimum atomic E-state index is -0.257. The molecule has 0 bridgehead atoms. The molecule has 1 heterocycles. The first-order valence-electron chi connectivity index (χ1n) is 7.93. The summed E-state index contributed by atoms with van der Waals surface area (Å²) in [7, 11) is 1.87. The Bertz CT molecular complexity index is 960. The molecule has 1 N–H and O–H groups in total.